The minimum Gasteiger partial charge on any atom is -0.392 e. The highest BCUT2D eigenvalue weighted by molar-refractivity contribution is 7.87. The van der Waals surface area contributed by atoms with Crippen molar-refractivity contribution < 1.29 is 8.42 Å². The molecule has 0 unspecified atom stereocenters. The Balaban J connectivity index is 2.95. The zero-order valence-electron chi connectivity index (χ0n) is 12.0. The first-order chi connectivity index (χ1) is 8.61. The number of nitrogens with zero attached hydrogens (tertiary/aromatic N) is 2. The maximum absolute atomic E-state index is 12.3. The molecular formula is C11H24N4O2S2. The normalized spacial score (nSPS) is 20.9. The largest absolute Gasteiger partial charge is 0.392 e. The van der Waals surface area contributed by atoms with Crippen LogP contribution in [0.1, 0.15) is 26.7 Å². The average Bonchev–Trinajstić information content (AvgIpc) is 2.30. The second-order valence-electron chi connectivity index (χ2n) is 5.47. The van der Waals surface area contributed by atoms with Crippen LogP contribution in [0.3, 0.4) is 0 Å². The Morgan fingerprint density at radius 2 is 1.89 bits per heavy atom. The molecule has 19 heavy (non-hydrogen) atoms. The van der Waals surface area contributed by atoms with Crippen LogP contribution in [0.5, 0.6) is 0 Å². The van der Waals surface area contributed by atoms with E-state index in [1.807, 2.05) is 20.9 Å². The summed E-state index contributed by atoms with van der Waals surface area (Å²) in [6.07, 6.45) is 1.20. The molecule has 8 heteroatoms. The van der Waals surface area contributed by atoms with Crippen molar-refractivity contribution in [2.45, 2.75) is 38.3 Å². The Kier molecular flexibility index (Phi) is 5.30. The van der Waals surface area contributed by atoms with Crippen molar-refractivity contribution in [1.82, 2.24) is 13.9 Å². The average molecular weight is 308 g/mol. The van der Waals surface area contributed by atoms with E-state index in [9.17, 15) is 8.42 Å². The fourth-order valence-corrected chi connectivity index (χ4v) is 3.82. The second kappa shape index (κ2) is 6.01. The molecule has 1 saturated heterocycles. The molecule has 0 aromatic carbocycles. The van der Waals surface area contributed by atoms with Gasteiger partial charge in [-0.3, -0.25) is 0 Å². The van der Waals surface area contributed by atoms with Gasteiger partial charge in [0.2, 0.25) is 0 Å². The molecule has 0 aromatic heterocycles. The highest BCUT2D eigenvalue weighted by Crippen LogP contribution is 2.24. The van der Waals surface area contributed by atoms with Gasteiger partial charge in [-0.2, -0.15) is 17.4 Å². The summed E-state index contributed by atoms with van der Waals surface area (Å²) in [5.41, 5.74) is 5.00. The van der Waals surface area contributed by atoms with Gasteiger partial charge in [0, 0.05) is 26.2 Å². The Morgan fingerprint density at radius 1 is 1.42 bits per heavy atom. The molecule has 1 aliphatic heterocycles. The third-order valence-corrected chi connectivity index (χ3v) is 5.96. The Bertz CT molecular complexity index is 428. The number of likely N-dealkylation sites (tertiary alicyclic amines) is 1. The van der Waals surface area contributed by atoms with Crippen LogP contribution >= 0.6 is 12.2 Å². The summed E-state index contributed by atoms with van der Waals surface area (Å²) in [5.74, 6) is 0. The number of thiocarbonyl (C=S) groups is 1. The second-order valence-corrected chi connectivity index (χ2v) is 7.64. The molecule has 6 nitrogen and oxygen atoms in total. The van der Waals surface area contributed by atoms with Gasteiger partial charge in [0.15, 0.2) is 0 Å². The fourth-order valence-electron chi connectivity index (χ4n) is 2.00. The first kappa shape index (κ1) is 16.8. The van der Waals surface area contributed by atoms with Crippen LogP contribution in [0.25, 0.3) is 0 Å². The predicted octanol–water partition coefficient (Wildman–Crippen LogP) is -0.0885. The highest BCUT2D eigenvalue weighted by Gasteiger charge is 2.41. The number of hydrogen-bond donors (Lipinski definition) is 2. The van der Waals surface area contributed by atoms with Crippen LogP contribution in [0.15, 0.2) is 0 Å². The fraction of sp³-hybridized carbons (Fsp3) is 0.909. The van der Waals surface area contributed by atoms with Gasteiger partial charge in [-0.15, -0.1) is 0 Å². The van der Waals surface area contributed by atoms with E-state index in [1.54, 1.807) is 7.05 Å². The summed E-state index contributed by atoms with van der Waals surface area (Å²) in [7, 11) is -0.0337. The Morgan fingerprint density at radius 3 is 2.26 bits per heavy atom. The molecule has 0 saturated carbocycles. The van der Waals surface area contributed by atoms with Gasteiger partial charge >= 0.3 is 0 Å². The van der Waals surface area contributed by atoms with E-state index >= 15 is 0 Å². The van der Waals surface area contributed by atoms with E-state index in [4.69, 9.17) is 18.0 Å². The monoisotopic (exact) mass is 308 g/mol. The maximum Gasteiger partial charge on any atom is 0.280 e. The van der Waals surface area contributed by atoms with E-state index in [2.05, 4.69) is 9.62 Å². The Labute approximate surface area is 121 Å². The molecule has 0 amide bonds. The first-order valence-corrected chi connectivity index (χ1v) is 8.21. The number of hydrogen-bond acceptors (Lipinski definition) is 4. The van der Waals surface area contributed by atoms with E-state index in [0.717, 1.165) is 13.1 Å². The molecule has 1 aliphatic rings. The van der Waals surface area contributed by atoms with Gasteiger partial charge < -0.3 is 10.6 Å². The highest BCUT2D eigenvalue weighted by atomic mass is 32.2. The molecule has 0 radical (unpaired) electrons. The smallest absolute Gasteiger partial charge is 0.280 e. The van der Waals surface area contributed by atoms with Crippen molar-refractivity contribution in [1.29, 1.82) is 0 Å². The zero-order chi connectivity index (χ0) is 14.8. The maximum atomic E-state index is 12.3. The standard InChI is InChI=1S/C11H24N4O2S2/c1-9(2)15(4)19(16,17)13-11(10(12)18)5-7-14(3)8-6-11/h9,13H,5-8H2,1-4H3,(H2,12,18). The van der Waals surface area contributed by atoms with Crippen LogP contribution in [0, 0.1) is 0 Å². The number of piperidine rings is 1. The van der Waals surface area contributed by atoms with Crippen molar-refractivity contribution in [3.8, 4) is 0 Å². The van der Waals surface area contributed by atoms with Crippen molar-refractivity contribution in [3.05, 3.63) is 0 Å². The summed E-state index contributed by atoms with van der Waals surface area (Å²) in [6, 6.07) is -0.118. The molecule has 1 fully saturated rings. The van der Waals surface area contributed by atoms with Gasteiger partial charge in [0.25, 0.3) is 10.2 Å². The summed E-state index contributed by atoms with van der Waals surface area (Å²) in [6.45, 7) is 5.18. The number of nitrogens with one attached hydrogen (secondary N) is 1. The lowest BCUT2D eigenvalue weighted by Gasteiger charge is -2.41. The molecule has 112 valence electrons. The lowest BCUT2D eigenvalue weighted by atomic mass is 9.89. The molecule has 0 aromatic rings. The lowest BCUT2D eigenvalue weighted by Crippen LogP contribution is -2.63. The van der Waals surface area contributed by atoms with Gasteiger partial charge in [-0.1, -0.05) is 12.2 Å². The summed E-state index contributed by atoms with van der Waals surface area (Å²) in [4.78, 5) is 2.36. The Hall–Kier alpha value is -0.280. The summed E-state index contributed by atoms with van der Waals surface area (Å²) < 4.78 is 28.6. The van der Waals surface area contributed by atoms with Crippen LogP contribution < -0.4 is 10.5 Å². The third-order valence-electron chi connectivity index (χ3n) is 3.74. The van der Waals surface area contributed by atoms with E-state index < -0.39 is 15.7 Å². The van der Waals surface area contributed by atoms with Crippen molar-refractivity contribution in [2.24, 2.45) is 5.73 Å². The molecule has 0 aliphatic carbocycles. The molecule has 0 bridgehead atoms. The summed E-state index contributed by atoms with van der Waals surface area (Å²) in [5, 5.41) is 0. The topological polar surface area (TPSA) is 78.7 Å². The van der Waals surface area contributed by atoms with Gasteiger partial charge in [-0.05, 0) is 33.7 Å². The third kappa shape index (κ3) is 3.85. The van der Waals surface area contributed by atoms with Crippen LogP contribution in [0.2, 0.25) is 0 Å². The molecule has 0 spiro atoms. The minimum atomic E-state index is -3.58. The van der Waals surface area contributed by atoms with Gasteiger partial charge in [-0.25, -0.2) is 0 Å². The van der Waals surface area contributed by atoms with E-state index in [1.165, 1.54) is 4.31 Å². The molecular weight excluding hydrogens is 284 g/mol. The molecule has 1 heterocycles. The summed E-state index contributed by atoms with van der Waals surface area (Å²) >= 11 is 5.10. The SMILES string of the molecule is CC(C)N(C)S(=O)(=O)NC1(C(N)=S)CCN(C)CC1. The van der Waals surface area contributed by atoms with Gasteiger partial charge in [0.05, 0.1) is 10.5 Å². The van der Waals surface area contributed by atoms with Crippen LogP contribution in [0.4, 0.5) is 0 Å². The molecule has 3 N–H and O–H groups in total. The van der Waals surface area contributed by atoms with Crippen molar-refractivity contribution in [2.75, 3.05) is 27.2 Å². The first-order valence-electron chi connectivity index (χ1n) is 6.36. The quantitative estimate of drug-likeness (QED) is 0.694. The van der Waals surface area contributed by atoms with Crippen LogP contribution in [-0.2, 0) is 10.2 Å². The minimum absolute atomic E-state index is 0.118. The number of nitrogens with two attached hydrogens (primary N) is 1. The van der Waals surface area contributed by atoms with Crippen molar-refractivity contribution >= 4 is 27.4 Å². The van der Waals surface area contributed by atoms with E-state index in [-0.39, 0.29) is 11.0 Å². The van der Waals surface area contributed by atoms with E-state index in [0.29, 0.717) is 12.8 Å². The number of rotatable bonds is 5. The van der Waals surface area contributed by atoms with Crippen LogP contribution in [-0.4, -0.2) is 61.4 Å². The predicted molar refractivity (Wildman–Crippen MR) is 81.2 cm³/mol. The molecule has 0 atom stereocenters. The lowest BCUT2D eigenvalue weighted by molar-refractivity contribution is 0.218. The van der Waals surface area contributed by atoms with Gasteiger partial charge in [0.1, 0.15) is 0 Å². The van der Waals surface area contributed by atoms with Crippen molar-refractivity contribution in [3.63, 3.8) is 0 Å². The molecule has 1 rings (SSSR count). The zero-order valence-corrected chi connectivity index (χ0v) is 13.6.